The lowest BCUT2D eigenvalue weighted by atomic mass is 9.30. The second-order valence-electron chi connectivity index (χ2n) is 9.47. The molecule has 0 amide bonds. The van der Waals surface area contributed by atoms with Crippen molar-refractivity contribution >= 4 is 5.97 Å². The van der Waals surface area contributed by atoms with Gasteiger partial charge in [0.05, 0.1) is 0 Å². The number of carbonyl (C=O) groups is 1. The Morgan fingerprint density at radius 2 is 1.25 bits per heavy atom. The number of aliphatic carboxylic acids is 1. The lowest BCUT2D eigenvalue weighted by molar-refractivity contribution is -0.264. The van der Waals surface area contributed by atoms with Gasteiger partial charge in [-0.2, -0.15) is 0 Å². The number of unbranched alkanes of at least 4 members (excludes halogenated alkanes) is 6. The molecule has 7 unspecified atom stereocenters. The van der Waals surface area contributed by atoms with Gasteiger partial charge >= 0.3 is 5.97 Å². The zero-order valence-corrected chi connectivity index (χ0v) is 15.3. The van der Waals surface area contributed by atoms with Gasteiger partial charge in [-0.05, 0) is 73.5 Å². The first-order valence-electron chi connectivity index (χ1n) is 11.0. The van der Waals surface area contributed by atoms with E-state index in [4.69, 9.17) is 5.11 Å². The van der Waals surface area contributed by atoms with E-state index in [0.717, 1.165) is 24.7 Å². The van der Waals surface area contributed by atoms with Crippen LogP contribution in [-0.2, 0) is 4.79 Å². The topological polar surface area (TPSA) is 37.3 Å². The predicted octanol–water partition coefficient (Wildman–Crippen LogP) is 5.90. The van der Waals surface area contributed by atoms with Crippen molar-refractivity contribution in [2.45, 2.75) is 89.9 Å². The Kier molecular flexibility index (Phi) is 5.20. The number of carboxylic acid groups (broad SMARTS) is 1. The monoisotopic (exact) mass is 332 g/mol. The molecule has 2 nitrogen and oxygen atoms in total. The molecule has 1 N–H and O–H groups in total. The van der Waals surface area contributed by atoms with Crippen molar-refractivity contribution in [3.8, 4) is 0 Å². The Labute approximate surface area is 147 Å². The van der Waals surface area contributed by atoms with E-state index in [1.54, 1.807) is 25.7 Å². The van der Waals surface area contributed by atoms with Crippen LogP contribution >= 0.6 is 0 Å². The third-order valence-corrected chi connectivity index (χ3v) is 8.37. The largest absolute Gasteiger partial charge is 0.481 e. The van der Waals surface area contributed by atoms with E-state index < -0.39 is 5.97 Å². The summed E-state index contributed by atoms with van der Waals surface area (Å²) in [5.41, 5.74) is 0. The molecule has 0 aromatic heterocycles. The van der Waals surface area contributed by atoms with Crippen molar-refractivity contribution in [2.24, 2.45) is 41.4 Å². The number of fused-ring (bicyclic) bond motifs is 7. The molecule has 0 aliphatic heterocycles. The first kappa shape index (κ1) is 16.9. The van der Waals surface area contributed by atoms with Gasteiger partial charge in [0, 0.05) is 6.42 Å². The highest BCUT2D eigenvalue weighted by molar-refractivity contribution is 5.66. The van der Waals surface area contributed by atoms with Crippen LogP contribution in [0.25, 0.3) is 0 Å². The molecule has 4 aliphatic carbocycles. The minimum absolute atomic E-state index is 0.354. The molecule has 4 rings (SSSR count). The summed E-state index contributed by atoms with van der Waals surface area (Å²) in [6.07, 6.45) is 18.4. The van der Waals surface area contributed by atoms with E-state index in [-0.39, 0.29) is 0 Å². The molecular formula is C22H36O2. The molecule has 136 valence electrons. The maximum atomic E-state index is 10.5. The highest BCUT2D eigenvalue weighted by atomic mass is 16.4. The zero-order valence-electron chi connectivity index (χ0n) is 15.3. The SMILES string of the molecule is O=C(O)CCCCCCCCCC1CCC2C(C1)C1C3CCC3C21. The lowest BCUT2D eigenvalue weighted by Gasteiger charge is -2.74. The minimum atomic E-state index is -0.641. The van der Waals surface area contributed by atoms with E-state index in [1.807, 2.05) is 0 Å². The van der Waals surface area contributed by atoms with Gasteiger partial charge < -0.3 is 5.11 Å². The highest BCUT2D eigenvalue weighted by Gasteiger charge is 2.68. The van der Waals surface area contributed by atoms with E-state index >= 15 is 0 Å². The van der Waals surface area contributed by atoms with Gasteiger partial charge in [-0.3, -0.25) is 4.79 Å². The Morgan fingerprint density at radius 3 is 1.92 bits per heavy atom. The second-order valence-corrected chi connectivity index (χ2v) is 9.47. The fourth-order valence-electron chi connectivity index (χ4n) is 7.09. The molecule has 0 radical (unpaired) electrons. The van der Waals surface area contributed by atoms with Gasteiger partial charge in [0.1, 0.15) is 0 Å². The summed E-state index contributed by atoms with van der Waals surface area (Å²) in [6, 6.07) is 0. The molecule has 0 aromatic carbocycles. The summed E-state index contributed by atoms with van der Waals surface area (Å²) in [7, 11) is 0. The van der Waals surface area contributed by atoms with Crippen molar-refractivity contribution in [1.82, 2.24) is 0 Å². The van der Waals surface area contributed by atoms with Gasteiger partial charge in [0.15, 0.2) is 0 Å². The Balaban J connectivity index is 1.03. The van der Waals surface area contributed by atoms with Crippen molar-refractivity contribution in [3.05, 3.63) is 0 Å². The molecule has 0 bridgehead atoms. The molecule has 7 atom stereocenters. The lowest BCUT2D eigenvalue weighted by Crippen LogP contribution is -2.69. The Bertz CT molecular complexity index is 439. The molecule has 0 heterocycles. The van der Waals surface area contributed by atoms with Crippen LogP contribution in [0.4, 0.5) is 0 Å². The van der Waals surface area contributed by atoms with Crippen molar-refractivity contribution < 1.29 is 9.90 Å². The van der Waals surface area contributed by atoms with Crippen LogP contribution in [0.2, 0.25) is 0 Å². The summed E-state index contributed by atoms with van der Waals surface area (Å²) in [4.78, 5) is 10.5. The van der Waals surface area contributed by atoms with Gasteiger partial charge in [0.2, 0.25) is 0 Å². The fourth-order valence-corrected chi connectivity index (χ4v) is 7.09. The summed E-state index contributed by atoms with van der Waals surface area (Å²) < 4.78 is 0. The zero-order chi connectivity index (χ0) is 16.5. The predicted molar refractivity (Wildman–Crippen MR) is 96.7 cm³/mol. The van der Waals surface area contributed by atoms with Crippen LogP contribution in [0.15, 0.2) is 0 Å². The maximum Gasteiger partial charge on any atom is 0.303 e. The van der Waals surface area contributed by atoms with E-state index in [0.29, 0.717) is 6.42 Å². The van der Waals surface area contributed by atoms with E-state index in [1.165, 1.54) is 74.5 Å². The highest BCUT2D eigenvalue weighted by Crippen LogP contribution is 2.74. The summed E-state index contributed by atoms with van der Waals surface area (Å²) >= 11 is 0. The smallest absolute Gasteiger partial charge is 0.303 e. The normalized spacial score (nSPS) is 41.9. The number of hydrogen-bond acceptors (Lipinski definition) is 1. The van der Waals surface area contributed by atoms with Crippen LogP contribution in [0, 0.1) is 41.4 Å². The molecule has 24 heavy (non-hydrogen) atoms. The van der Waals surface area contributed by atoms with Crippen LogP contribution in [0.1, 0.15) is 89.9 Å². The third-order valence-electron chi connectivity index (χ3n) is 8.37. The van der Waals surface area contributed by atoms with Crippen LogP contribution < -0.4 is 0 Å². The van der Waals surface area contributed by atoms with E-state index in [9.17, 15) is 4.79 Å². The van der Waals surface area contributed by atoms with Crippen molar-refractivity contribution in [2.75, 3.05) is 0 Å². The molecule has 4 fully saturated rings. The van der Waals surface area contributed by atoms with Gasteiger partial charge in [-0.15, -0.1) is 0 Å². The van der Waals surface area contributed by atoms with Gasteiger partial charge in [-0.25, -0.2) is 0 Å². The molecular weight excluding hydrogens is 296 g/mol. The molecule has 4 saturated carbocycles. The molecule has 0 saturated heterocycles. The number of carboxylic acids is 1. The summed E-state index contributed by atoms with van der Waals surface area (Å²) in [5, 5.41) is 8.61. The van der Waals surface area contributed by atoms with Crippen LogP contribution in [0.3, 0.4) is 0 Å². The van der Waals surface area contributed by atoms with Crippen molar-refractivity contribution in [3.63, 3.8) is 0 Å². The van der Waals surface area contributed by atoms with Gasteiger partial charge in [0.25, 0.3) is 0 Å². The Morgan fingerprint density at radius 1 is 0.708 bits per heavy atom. The molecule has 0 spiro atoms. The quantitative estimate of drug-likeness (QED) is 0.506. The first-order chi connectivity index (χ1) is 11.8. The first-order valence-corrected chi connectivity index (χ1v) is 11.0. The third kappa shape index (κ3) is 3.15. The second kappa shape index (κ2) is 7.38. The Hall–Kier alpha value is -0.530. The van der Waals surface area contributed by atoms with E-state index in [2.05, 4.69) is 0 Å². The fraction of sp³-hybridized carbons (Fsp3) is 0.955. The summed E-state index contributed by atoms with van der Waals surface area (Å²) in [5.74, 6) is 7.53. The minimum Gasteiger partial charge on any atom is -0.481 e. The van der Waals surface area contributed by atoms with Crippen molar-refractivity contribution in [1.29, 1.82) is 0 Å². The van der Waals surface area contributed by atoms with Crippen LogP contribution in [0.5, 0.6) is 0 Å². The standard InChI is InChI=1S/C22H36O2/c23-20(24)9-7-5-3-1-2-4-6-8-15-10-11-18-19(14-15)22-17-13-12-16(17)21(18)22/h15-19,21-22H,1-14H2,(H,23,24). The number of hydrogen-bond donors (Lipinski definition) is 1. The molecule has 0 aromatic rings. The molecule has 4 aliphatic rings. The van der Waals surface area contributed by atoms with Crippen LogP contribution in [-0.4, -0.2) is 11.1 Å². The van der Waals surface area contributed by atoms with Gasteiger partial charge in [-0.1, -0.05) is 51.4 Å². The summed E-state index contributed by atoms with van der Waals surface area (Å²) in [6.45, 7) is 0. The maximum absolute atomic E-state index is 10.5. The molecule has 2 heteroatoms. The average Bonchev–Trinajstić information content (AvgIpc) is 2.54. The average molecular weight is 333 g/mol. The number of rotatable bonds is 10.